The number of nitrogens with one attached hydrogen (secondary N) is 3. The molecule has 2 aromatic carbocycles. The van der Waals surface area contributed by atoms with Crippen molar-refractivity contribution in [2.75, 3.05) is 0 Å². The van der Waals surface area contributed by atoms with Crippen molar-refractivity contribution in [2.24, 2.45) is 17.6 Å². The molecule has 1 amide bonds. The molecule has 2 aromatic rings. The highest BCUT2D eigenvalue weighted by Crippen LogP contribution is 2.40. The van der Waals surface area contributed by atoms with Gasteiger partial charge in [0.2, 0.25) is 0 Å². The van der Waals surface area contributed by atoms with Gasteiger partial charge in [-0.15, -0.1) is 12.4 Å². The summed E-state index contributed by atoms with van der Waals surface area (Å²) in [6.45, 7) is 10.2. The Morgan fingerprint density at radius 2 is 1.08 bits per heavy atom. The molecule has 4 saturated carbocycles. The monoisotopic (exact) mass is 676 g/mol. The maximum Gasteiger partial charge on any atom is 0.407 e. The Bertz CT molecular complexity index is 1330. The molecule has 0 saturated heterocycles. The van der Waals surface area contributed by atoms with Crippen molar-refractivity contribution in [3.05, 3.63) is 82.9 Å². The standard InChI is InChI=1S/C23H34N2O2.C18H26N2.ClH/c1-16(14-17-8-6-5-7-9-17)20-15-21(20)24-18-10-12-19(13-11-18)25-22(26)27-23(2,3)4;1-13(11-14-5-3-2-4-6-14)17-12-18(17)20-16-9-7-15(19)8-10-16;/h5-9,14,18-21,24H,10-13,15H2,1-4H3,(H,25,26);2-6,11,15-18,20H,7-10,12,19H2,1H3;1H/b16-14+;13-11+;/t18?,19?,20-,21+;15?,16?,17-,18+;/m00./s1. The van der Waals surface area contributed by atoms with Crippen LogP contribution in [0, 0.1) is 11.8 Å². The van der Waals surface area contributed by atoms with Crippen molar-refractivity contribution in [2.45, 2.75) is 141 Å². The first-order chi connectivity index (χ1) is 22.5. The lowest BCUT2D eigenvalue weighted by Crippen LogP contribution is -2.44. The Labute approximate surface area is 296 Å². The molecule has 4 aliphatic rings. The number of hydrogen-bond acceptors (Lipinski definition) is 5. The molecule has 0 heterocycles. The molecular formula is C41H61ClN4O2. The average Bonchev–Trinajstić information content (AvgIpc) is 3.96. The Kier molecular flexibility index (Phi) is 14.2. The quantitative estimate of drug-likeness (QED) is 0.214. The predicted molar refractivity (Wildman–Crippen MR) is 203 cm³/mol. The zero-order valence-corrected chi connectivity index (χ0v) is 30.7. The van der Waals surface area contributed by atoms with E-state index in [4.69, 9.17) is 10.5 Å². The molecule has 7 heteroatoms. The van der Waals surface area contributed by atoms with Crippen LogP contribution in [0.5, 0.6) is 0 Å². The Hall–Kier alpha value is -2.64. The van der Waals surface area contributed by atoms with Crippen molar-refractivity contribution in [3.63, 3.8) is 0 Å². The average molecular weight is 677 g/mol. The molecule has 0 aromatic heterocycles. The first kappa shape index (κ1) is 38.2. The van der Waals surface area contributed by atoms with E-state index in [0.29, 0.717) is 36.1 Å². The van der Waals surface area contributed by atoms with Gasteiger partial charge in [0.15, 0.2) is 0 Å². The summed E-state index contributed by atoms with van der Waals surface area (Å²) < 4.78 is 5.36. The number of carbonyl (C=O) groups is 1. The summed E-state index contributed by atoms with van der Waals surface area (Å²) in [6, 6.07) is 24.5. The predicted octanol–water partition coefficient (Wildman–Crippen LogP) is 8.66. The van der Waals surface area contributed by atoms with Gasteiger partial charge in [-0.2, -0.15) is 0 Å². The van der Waals surface area contributed by atoms with Crippen LogP contribution in [0.3, 0.4) is 0 Å². The molecule has 0 bridgehead atoms. The lowest BCUT2D eigenvalue weighted by molar-refractivity contribution is 0.0489. The van der Waals surface area contributed by atoms with E-state index < -0.39 is 5.60 Å². The summed E-state index contributed by atoms with van der Waals surface area (Å²) in [5.74, 6) is 1.41. The van der Waals surface area contributed by atoms with Crippen molar-refractivity contribution < 1.29 is 9.53 Å². The minimum atomic E-state index is -0.436. The van der Waals surface area contributed by atoms with E-state index in [2.05, 4.69) is 103 Å². The van der Waals surface area contributed by atoms with Gasteiger partial charge in [0.05, 0.1) is 0 Å². The largest absolute Gasteiger partial charge is 0.444 e. The normalized spacial score (nSPS) is 30.2. The number of ether oxygens (including phenoxy) is 1. The molecule has 5 N–H and O–H groups in total. The van der Waals surface area contributed by atoms with E-state index in [1.807, 2.05) is 20.8 Å². The Morgan fingerprint density at radius 1 is 0.688 bits per heavy atom. The van der Waals surface area contributed by atoms with E-state index in [0.717, 1.165) is 31.6 Å². The van der Waals surface area contributed by atoms with E-state index in [1.54, 1.807) is 0 Å². The highest BCUT2D eigenvalue weighted by molar-refractivity contribution is 5.85. The number of rotatable bonds is 9. The third kappa shape index (κ3) is 12.7. The van der Waals surface area contributed by atoms with Crippen LogP contribution < -0.4 is 21.7 Å². The lowest BCUT2D eigenvalue weighted by atomic mass is 9.91. The van der Waals surface area contributed by atoms with Crippen LogP contribution in [0.4, 0.5) is 4.79 Å². The van der Waals surface area contributed by atoms with Gasteiger partial charge in [-0.1, -0.05) is 84.0 Å². The van der Waals surface area contributed by atoms with Gasteiger partial charge >= 0.3 is 6.09 Å². The van der Waals surface area contributed by atoms with Gasteiger partial charge in [0.1, 0.15) is 5.60 Å². The number of benzene rings is 2. The Morgan fingerprint density at radius 3 is 1.50 bits per heavy atom. The van der Waals surface area contributed by atoms with E-state index in [1.165, 1.54) is 60.8 Å². The molecule has 48 heavy (non-hydrogen) atoms. The van der Waals surface area contributed by atoms with Gasteiger partial charge < -0.3 is 26.4 Å². The first-order valence-electron chi connectivity index (χ1n) is 18.3. The highest BCUT2D eigenvalue weighted by Gasteiger charge is 2.40. The summed E-state index contributed by atoms with van der Waals surface area (Å²) >= 11 is 0. The molecule has 4 aliphatic carbocycles. The third-order valence-electron chi connectivity index (χ3n) is 10.3. The minimum Gasteiger partial charge on any atom is -0.444 e. The summed E-state index contributed by atoms with van der Waals surface area (Å²) in [6.07, 6.45) is 16.1. The fourth-order valence-electron chi connectivity index (χ4n) is 7.37. The van der Waals surface area contributed by atoms with Crippen LogP contribution in [-0.4, -0.2) is 47.9 Å². The second-order valence-corrected chi connectivity index (χ2v) is 15.6. The van der Waals surface area contributed by atoms with Crippen LogP contribution in [0.2, 0.25) is 0 Å². The molecule has 4 atom stereocenters. The van der Waals surface area contributed by atoms with Crippen molar-refractivity contribution in [1.82, 2.24) is 16.0 Å². The number of halogens is 1. The molecule has 0 spiro atoms. The van der Waals surface area contributed by atoms with Gasteiger partial charge in [0.25, 0.3) is 0 Å². The molecule has 0 aliphatic heterocycles. The van der Waals surface area contributed by atoms with Crippen LogP contribution in [-0.2, 0) is 4.74 Å². The van der Waals surface area contributed by atoms with Gasteiger partial charge in [-0.3, -0.25) is 0 Å². The van der Waals surface area contributed by atoms with Crippen LogP contribution in [0.15, 0.2) is 71.8 Å². The minimum absolute atomic E-state index is 0. The molecule has 6 rings (SSSR count). The summed E-state index contributed by atoms with van der Waals surface area (Å²) in [5.41, 5.74) is 11.1. The number of hydrogen-bond donors (Lipinski definition) is 4. The maximum atomic E-state index is 11.9. The smallest absolute Gasteiger partial charge is 0.407 e. The van der Waals surface area contributed by atoms with E-state index in [9.17, 15) is 4.79 Å². The van der Waals surface area contributed by atoms with Crippen LogP contribution in [0.1, 0.15) is 110 Å². The highest BCUT2D eigenvalue weighted by atomic mass is 35.5. The van der Waals surface area contributed by atoms with Crippen LogP contribution >= 0.6 is 12.4 Å². The molecule has 4 fully saturated rings. The first-order valence-corrected chi connectivity index (χ1v) is 18.3. The van der Waals surface area contributed by atoms with Gasteiger partial charge in [-0.05, 0) is 122 Å². The molecule has 0 radical (unpaired) electrons. The van der Waals surface area contributed by atoms with E-state index in [-0.39, 0.29) is 24.5 Å². The SMILES string of the molecule is C/C(=C\c1ccccc1)[C@@H]1C[C@H]1NC1CCC(N)CC1.C/C(=C\c1ccccc1)[C@@H]1C[C@H]1NC1CCC(NC(=O)OC(C)(C)C)CC1.Cl. The summed E-state index contributed by atoms with van der Waals surface area (Å²) in [7, 11) is 0. The fourth-order valence-corrected chi connectivity index (χ4v) is 7.37. The van der Waals surface area contributed by atoms with Crippen LogP contribution in [0.25, 0.3) is 12.2 Å². The molecule has 0 unspecified atom stereocenters. The number of nitrogens with two attached hydrogens (primary N) is 1. The molecule has 6 nitrogen and oxygen atoms in total. The second kappa shape index (κ2) is 17.8. The topological polar surface area (TPSA) is 88.4 Å². The van der Waals surface area contributed by atoms with Crippen molar-refractivity contribution in [1.29, 1.82) is 0 Å². The number of alkyl carbamates (subject to hydrolysis) is 1. The third-order valence-corrected chi connectivity index (χ3v) is 10.3. The second-order valence-electron chi connectivity index (χ2n) is 15.6. The number of amides is 1. The van der Waals surface area contributed by atoms with E-state index >= 15 is 0 Å². The van der Waals surface area contributed by atoms with Crippen molar-refractivity contribution in [3.8, 4) is 0 Å². The van der Waals surface area contributed by atoms with Gasteiger partial charge in [-0.25, -0.2) is 4.79 Å². The summed E-state index contributed by atoms with van der Waals surface area (Å²) in [4.78, 5) is 11.9. The molecule has 264 valence electrons. The number of carbonyl (C=O) groups excluding carboxylic acids is 1. The Balaban J connectivity index is 0.000000221. The summed E-state index contributed by atoms with van der Waals surface area (Å²) in [5, 5.41) is 10.7. The lowest BCUT2D eigenvalue weighted by Gasteiger charge is -2.30. The fraction of sp³-hybridized carbons (Fsp3) is 0.585. The van der Waals surface area contributed by atoms with Crippen molar-refractivity contribution >= 4 is 30.7 Å². The zero-order valence-electron chi connectivity index (χ0n) is 29.9. The van der Waals surface area contributed by atoms with Gasteiger partial charge in [0, 0.05) is 36.3 Å². The molecular weight excluding hydrogens is 616 g/mol. The maximum absolute atomic E-state index is 11.9. The zero-order chi connectivity index (χ0) is 33.4.